The van der Waals surface area contributed by atoms with Crippen LogP contribution in [0.1, 0.15) is 11.1 Å². The third-order valence-electron chi connectivity index (χ3n) is 2.99. The minimum absolute atomic E-state index is 0.169. The molecule has 2 rings (SSSR count). The van der Waals surface area contributed by atoms with Gasteiger partial charge in [0.15, 0.2) is 0 Å². The summed E-state index contributed by atoms with van der Waals surface area (Å²) in [4.78, 5) is 11.9. The molecule has 0 aliphatic rings. The number of hydrogen-bond donors (Lipinski definition) is 1. The first-order valence-corrected chi connectivity index (χ1v) is 7.27. The molecule has 2 aromatic carbocycles. The van der Waals surface area contributed by atoms with Crippen LogP contribution in [0.25, 0.3) is 6.08 Å². The molecule has 0 atom stereocenters. The predicted octanol–water partition coefficient (Wildman–Crippen LogP) is 4.42. The number of hydrogen-bond acceptors (Lipinski definition) is 2. The number of ether oxygens (including phenoxy) is 1. The van der Waals surface area contributed by atoms with Crippen LogP contribution in [0.15, 0.2) is 53.0 Å². The lowest BCUT2D eigenvalue weighted by Crippen LogP contribution is -2.08. The second-order valence-electron chi connectivity index (χ2n) is 4.53. The number of amides is 1. The number of methoxy groups -OCH3 is 1. The van der Waals surface area contributed by atoms with Gasteiger partial charge in [0.05, 0.1) is 12.8 Å². The Morgan fingerprint density at radius 3 is 2.57 bits per heavy atom. The van der Waals surface area contributed by atoms with Crippen molar-refractivity contribution in [3.63, 3.8) is 0 Å². The molecule has 0 aliphatic heterocycles. The minimum Gasteiger partial charge on any atom is -0.497 e. The van der Waals surface area contributed by atoms with Crippen LogP contribution in [0.2, 0.25) is 0 Å². The van der Waals surface area contributed by atoms with Crippen LogP contribution in [0.3, 0.4) is 0 Å². The van der Waals surface area contributed by atoms with Crippen molar-refractivity contribution >= 4 is 33.6 Å². The van der Waals surface area contributed by atoms with E-state index in [1.165, 1.54) is 6.08 Å². The van der Waals surface area contributed by atoms with Crippen LogP contribution < -0.4 is 10.1 Å². The second-order valence-corrected chi connectivity index (χ2v) is 5.33. The number of benzene rings is 2. The van der Waals surface area contributed by atoms with Gasteiger partial charge in [-0.15, -0.1) is 0 Å². The van der Waals surface area contributed by atoms with Gasteiger partial charge in [0, 0.05) is 10.5 Å². The van der Waals surface area contributed by atoms with E-state index >= 15 is 0 Å². The van der Waals surface area contributed by atoms with E-state index < -0.39 is 0 Å². The molecule has 108 valence electrons. The zero-order valence-electron chi connectivity index (χ0n) is 11.9. The summed E-state index contributed by atoms with van der Waals surface area (Å²) in [5, 5.41) is 2.85. The normalized spacial score (nSPS) is 10.6. The number of halogens is 1. The van der Waals surface area contributed by atoms with Crippen molar-refractivity contribution in [3.05, 3.63) is 64.1 Å². The standard InChI is InChI=1S/C17H16BrNO2/c1-12-4-3-5-15(17(12)18)19-16(20)11-8-13-6-9-14(21-2)10-7-13/h3-11H,1-2H3,(H,19,20)/b11-8+. The molecule has 0 spiro atoms. The Labute approximate surface area is 132 Å². The number of carbonyl (C=O) groups excluding carboxylic acids is 1. The molecule has 0 saturated heterocycles. The van der Waals surface area contributed by atoms with Crippen LogP contribution in [0, 0.1) is 6.92 Å². The Bertz CT molecular complexity index is 663. The molecule has 0 heterocycles. The molecule has 1 amide bonds. The topological polar surface area (TPSA) is 38.3 Å². The van der Waals surface area contributed by atoms with Gasteiger partial charge in [-0.2, -0.15) is 0 Å². The van der Waals surface area contributed by atoms with Crippen molar-refractivity contribution in [2.24, 2.45) is 0 Å². The van der Waals surface area contributed by atoms with Crippen LogP contribution in [0.5, 0.6) is 5.75 Å². The fourth-order valence-corrected chi connectivity index (χ4v) is 2.17. The van der Waals surface area contributed by atoms with Crippen molar-refractivity contribution in [1.29, 1.82) is 0 Å². The second kappa shape index (κ2) is 7.09. The van der Waals surface area contributed by atoms with Crippen LogP contribution >= 0.6 is 15.9 Å². The van der Waals surface area contributed by atoms with Gasteiger partial charge in [-0.25, -0.2) is 0 Å². The summed E-state index contributed by atoms with van der Waals surface area (Å²) in [7, 11) is 1.62. The highest BCUT2D eigenvalue weighted by atomic mass is 79.9. The number of nitrogens with one attached hydrogen (secondary N) is 1. The number of carbonyl (C=O) groups is 1. The van der Waals surface area contributed by atoms with Gasteiger partial charge < -0.3 is 10.1 Å². The summed E-state index contributed by atoms with van der Waals surface area (Å²) in [6, 6.07) is 13.2. The van der Waals surface area contributed by atoms with Crippen LogP contribution in [-0.4, -0.2) is 13.0 Å². The molecule has 0 fully saturated rings. The Hall–Kier alpha value is -2.07. The molecule has 0 bridgehead atoms. The molecular weight excluding hydrogens is 330 g/mol. The maximum Gasteiger partial charge on any atom is 0.248 e. The largest absolute Gasteiger partial charge is 0.497 e. The number of anilines is 1. The molecule has 0 aliphatic carbocycles. The molecule has 0 aromatic heterocycles. The SMILES string of the molecule is COc1ccc(/C=C/C(=O)Nc2cccc(C)c2Br)cc1. The summed E-state index contributed by atoms with van der Waals surface area (Å²) < 4.78 is 5.99. The van der Waals surface area contributed by atoms with E-state index in [0.29, 0.717) is 0 Å². The predicted molar refractivity (Wildman–Crippen MR) is 89.5 cm³/mol. The molecule has 3 nitrogen and oxygen atoms in total. The zero-order valence-corrected chi connectivity index (χ0v) is 13.5. The Morgan fingerprint density at radius 1 is 1.19 bits per heavy atom. The van der Waals surface area contributed by atoms with E-state index in [9.17, 15) is 4.79 Å². The van der Waals surface area contributed by atoms with E-state index in [1.54, 1.807) is 13.2 Å². The lowest BCUT2D eigenvalue weighted by Gasteiger charge is -2.07. The highest BCUT2D eigenvalue weighted by molar-refractivity contribution is 9.10. The number of rotatable bonds is 4. The molecule has 4 heteroatoms. The maximum absolute atomic E-state index is 11.9. The lowest BCUT2D eigenvalue weighted by molar-refractivity contribution is -0.111. The summed E-state index contributed by atoms with van der Waals surface area (Å²) in [6.45, 7) is 1.98. The summed E-state index contributed by atoms with van der Waals surface area (Å²) in [5.74, 6) is 0.623. The lowest BCUT2D eigenvalue weighted by atomic mass is 10.2. The van der Waals surface area contributed by atoms with Gasteiger partial charge in [-0.1, -0.05) is 24.3 Å². The fourth-order valence-electron chi connectivity index (χ4n) is 1.81. The molecule has 21 heavy (non-hydrogen) atoms. The molecule has 2 aromatic rings. The first-order valence-electron chi connectivity index (χ1n) is 6.48. The first-order chi connectivity index (χ1) is 10.1. The molecular formula is C17H16BrNO2. The van der Waals surface area contributed by atoms with Gasteiger partial charge in [0.1, 0.15) is 5.75 Å². The van der Waals surface area contributed by atoms with E-state index in [0.717, 1.165) is 27.0 Å². The third-order valence-corrected chi connectivity index (χ3v) is 4.05. The van der Waals surface area contributed by atoms with Crippen LogP contribution in [-0.2, 0) is 4.79 Å². The monoisotopic (exact) mass is 345 g/mol. The van der Waals surface area contributed by atoms with E-state index in [2.05, 4.69) is 21.2 Å². The van der Waals surface area contributed by atoms with Crippen molar-refractivity contribution in [3.8, 4) is 5.75 Å². The average Bonchev–Trinajstić information content (AvgIpc) is 2.50. The van der Waals surface area contributed by atoms with Crippen molar-refractivity contribution in [2.45, 2.75) is 6.92 Å². The molecule has 1 N–H and O–H groups in total. The number of aryl methyl sites for hydroxylation is 1. The van der Waals surface area contributed by atoms with Crippen molar-refractivity contribution in [1.82, 2.24) is 0 Å². The fraction of sp³-hybridized carbons (Fsp3) is 0.118. The van der Waals surface area contributed by atoms with Crippen LogP contribution in [0.4, 0.5) is 5.69 Å². The van der Waals surface area contributed by atoms with Gasteiger partial charge in [-0.3, -0.25) is 4.79 Å². The highest BCUT2D eigenvalue weighted by Gasteiger charge is 2.04. The average molecular weight is 346 g/mol. The molecule has 0 radical (unpaired) electrons. The minimum atomic E-state index is -0.169. The summed E-state index contributed by atoms with van der Waals surface area (Å²) in [5.41, 5.74) is 2.78. The Balaban J connectivity index is 2.03. The van der Waals surface area contributed by atoms with Gasteiger partial charge in [0.2, 0.25) is 5.91 Å². The Kier molecular flexibility index (Phi) is 5.17. The highest BCUT2D eigenvalue weighted by Crippen LogP contribution is 2.25. The summed E-state index contributed by atoms with van der Waals surface area (Å²) >= 11 is 3.47. The van der Waals surface area contributed by atoms with E-state index in [4.69, 9.17) is 4.74 Å². The molecule has 0 saturated carbocycles. The quantitative estimate of drug-likeness (QED) is 0.833. The zero-order chi connectivity index (χ0) is 15.2. The van der Waals surface area contributed by atoms with E-state index in [1.807, 2.05) is 49.4 Å². The van der Waals surface area contributed by atoms with Gasteiger partial charge in [-0.05, 0) is 58.3 Å². The van der Waals surface area contributed by atoms with Crippen molar-refractivity contribution < 1.29 is 9.53 Å². The first kappa shape index (κ1) is 15.3. The smallest absolute Gasteiger partial charge is 0.248 e. The van der Waals surface area contributed by atoms with Gasteiger partial charge >= 0.3 is 0 Å². The van der Waals surface area contributed by atoms with Crippen molar-refractivity contribution in [2.75, 3.05) is 12.4 Å². The van der Waals surface area contributed by atoms with E-state index in [-0.39, 0.29) is 5.91 Å². The maximum atomic E-state index is 11.9. The third kappa shape index (κ3) is 4.20. The molecule has 0 unspecified atom stereocenters. The van der Waals surface area contributed by atoms with Gasteiger partial charge in [0.25, 0.3) is 0 Å². The summed E-state index contributed by atoms with van der Waals surface area (Å²) in [6.07, 6.45) is 3.27. The Morgan fingerprint density at radius 2 is 1.90 bits per heavy atom.